The first-order valence-electron chi connectivity index (χ1n) is 11.2. The molecule has 0 amide bonds. The van der Waals surface area contributed by atoms with Crippen LogP contribution in [0.5, 0.6) is 46.0 Å². The van der Waals surface area contributed by atoms with Gasteiger partial charge in [-0.3, -0.25) is 4.79 Å². The fourth-order valence-electron chi connectivity index (χ4n) is 4.54. The molecule has 2 aliphatic rings. The van der Waals surface area contributed by atoms with Crippen molar-refractivity contribution in [2.45, 2.75) is 24.4 Å². The average Bonchev–Trinajstić information content (AvgIpc) is 2.89. The van der Waals surface area contributed by atoms with Crippen molar-refractivity contribution in [1.82, 2.24) is 0 Å². The normalized spacial score (nSPS) is 22.1. The third-order valence-corrected chi connectivity index (χ3v) is 6.31. The zero-order chi connectivity index (χ0) is 26.4. The second kappa shape index (κ2) is 9.26. The molecule has 37 heavy (non-hydrogen) atoms. The number of phenolic OH excluding ortho intramolecular Hbond substituents is 3. The molecule has 2 heterocycles. The minimum absolute atomic E-state index is 0.105. The summed E-state index contributed by atoms with van der Waals surface area (Å²) < 4.78 is 28.6. The van der Waals surface area contributed by atoms with E-state index in [1.54, 1.807) is 18.2 Å². The Labute approximate surface area is 210 Å². The van der Waals surface area contributed by atoms with Crippen LogP contribution in [0.15, 0.2) is 42.5 Å². The highest BCUT2D eigenvalue weighted by atomic mass is 16.6. The average molecular weight is 512 g/mol. The number of Topliss-reactive ketones (excluding diaryl/α,β-unsaturated/α-hetero) is 1. The Bertz CT molecular complexity index is 1340. The van der Waals surface area contributed by atoms with Crippen molar-refractivity contribution >= 4 is 5.78 Å². The number of methoxy groups -OCH3 is 2. The van der Waals surface area contributed by atoms with Crippen LogP contribution in [0.25, 0.3) is 0 Å². The second-order valence-corrected chi connectivity index (χ2v) is 8.51. The highest BCUT2D eigenvalue weighted by molar-refractivity contribution is 6.05. The van der Waals surface area contributed by atoms with Crippen LogP contribution < -0.4 is 23.7 Å². The summed E-state index contributed by atoms with van der Waals surface area (Å²) in [5.41, 5.74) is 0.502. The van der Waals surface area contributed by atoms with Crippen molar-refractivity contribution in [3.05, 3.63) is 59.2 Å². The Morgan fingerprint density at radius 2 is 1.57 bits per heavy atom. The molecule has 3 aromatic carbocycles. The standard InChI is InChI=1S/C26H24O11/c1-33-17-6-11(7-18(34-2)21(17)30)24-19(10-27)37-25-13(4-3-5-15(25)35-24)26-23(32)22(31)20-14(29)8-12(28)9-16(20)36-26/h3-9,19,23-24,26-30,32H,10H2,1-2H3/t19?,23-,24?,26+/m0/s1. The molecule has 0 bridgehead atoms. The first kappa shape index (κ1) is 24.3. The predicted octanol–water partition coefficient (Wildman–Crippen LogP) is 2.37. The number of para-hydroxylation sites is 1. The number of phenols is 3. The van der Waals surface area contributed by atoms with E-state index < -0.39 is 42.6 Å². The van der Waals surface area contributed by atoms with E-state index in [9.17, 15) is 30.3 Å². The minimum Gasteiger partial charge on any atom is -0.508 e. The number of aromatic hydroxyl groups is 3. The lowest BCUT2D eigenvalue weighted by atomic mass is 9.91. The van der Waals surface area contributed by atoms with Gasteiger partial charge in [0.2, 0.25) is 11.5 Å². The van der Waals surface area contributed by atoms with Gasteiger partial charge in [-0.15, -0.1) is 0 Å². The van der Waals surface area contributed by atoms with Crippen LogP contribution in [0.3, 0.4) is 0 Å². The zero-order valence-electron chi connectivity index (χ0n) is 19.7. The van der Waals surface area contributed by atoms with Crippen LogP contribution in [0.1, 0.15) is 33.7 Å². The molecule has 0 saturated heterocycles. The molecule has 11 nitrogen and oxygen atoms in total. The van der Waals surface area contributed by atoms with Gasteiger partial charge in [0.25, 0.3) is 0 Å². The maximum absolute atomic E-state index is 12.9. The summed E-state index contributed by atoms with van der Waals surface area (Å²) >= 11 is 0. The number of hydrogen-bond acceptors (Lipinski definition) is 11. The van der Waals surface area contributed by atoms with Crippen molar-refractivity contribution in [3.63, 3.8) is 0 Å². The van der Waals surface area contributed by atoms with E-state index in [2.05, 4.69) is 0 Å². The largest absolute Gasteiger partial charge is 0.508 e. The van der Waals surface area contributed by atoms with Gasteiger partial charge in [-0.1, -0.05) is 12.1 Å². The predicted molar refractivity (Wildman–Crippen MR) is 126 cm³/mol. The molecule has 0 radical (unpaired) electrons. The molecule has 2 unspecified atom stereocenters. The van der Waals surface area contributed by atoms with Gasteiger partial charge in [0.1, 0.15) is 22.8 Å². The van der Waals surface area contributed by atoms with E-state index in [-0.39, 0.29) is 51.4 Å². The van der Waals surface area contributed by atoms with Crippen LogP contribution in [0, 0.1) is 0 Å². The summed E-state index contributed by atoms with van der Waals surface area (Å²) in [6.07, 6.45) is -4.74. The number of benzene rings is 3. The van der Waals surface area contributed by atoms with E-state index >= 15 is 0 Å². The lowest BCUT2D eigenvalue weighted by Gasteiger charge is -2.37. The molecule has 0 saturated carbocycles. The van der Waals surface area contributed by atoms with Gasteiger partial charge >= 0.3 is 0 Å². The molecule has 0 spiro atoms. The number of fused-ring (bicyclic) bond motifs is 2. The summed E-state index contributed by atoms with van der Waals surface area (Å²) in [4.78, 5) is 12.9. The van der Waals surface area contributed by atoms with E-state index in [1.807, 2.05) is 0 Å². The molecule has 0 aliphatic carbocycles. The molecule has 5 rings (SSSR count). The number of carbonyl (C=O) groups is 1. The van der Waals surface area contributed by atoms with Gasteiger partial charge in [-0.25, -0.2) is 0 Å². The first-order valence-corrected chi connectivity index (χ1v) is 11.2. The molecule has 4 atom stereocenters. The number of hydrogen-bond donors (Lipinski definition) is 5. The van der Waals surface area contributed by atoms with Crippen molar-refractivity contribution in [3.8, 4) is 46.0 Å². The zero-order valence-corrected chi connectivity index (χ0v) is 19.7. The second-order valence-electron chi connectivity index (χ2n) is 8.51. The molecule has 0 aromatic heterocycles. The smallest absolute Gasteiger partial charge is 0.202 e. The maximum Gasteiger partial charge on any atom is 0.202 e. The van der Waals surface area contributed by atoms with Gasteiger partial charge in [0.05, 0.1) is 20.8 Å². The molecular weight excluding hydrogens is 488 g/mol. The minimum atomic E-state index is -1.70. The number of rotatable bonds is 5. The van der Waals surface area contributed by atoms with Crippen molar-refractivity contribution in [2.75, 3.05) is 20.8 Å². The summed E-state index contributed by atoms with van der Waals surface area (Å²) in [6.45, 7) is -0.471. The third kappa shape index (κ3) is 3.98. The van der Waals surface area contributed by atoms with Crippen molar-refractivity contribution < 1.29 is 54.0 Å². The highest BCUT2D eigenvalue weighted by Crippen LogP contribution is 2.49. The molecule has 194 valence electrons. The number of ketones is 1. The van der Waals surface area contributed by atoms with E-state index in [0.29, 0.717) is 5.56 Å². The maximum atomic E-state index is 12.9. The quantitative estimate of drug-likeness (QED) is 0.341. The number of aliphatic hydroxyl groups excluding tert-OH is 2. The van der Waals surface area contributed by atoms with E-state index in [4.69, 9.17) is 23.7 Å². The molecule has 5 N–H and O–H groups in total. The van der Waals surface area contributed by atoms with Crippen LogP contribution in [-0.2, 0) is 0 Å². The molecular formula is C26H24O11. The first-order chi connectivity index (χ1) is 17.8. The molecule has 3 aromatic rings. The van der Waals surface area contributed by atoms with Gasteiger partial charge in [-0.05, 0) is 18.2 Å². The Balaban J connectivity index is 1.54. The Morgan fingerprint density at radius 1 is 0.892 bits per heavy atom. The van der Waals surface area contributed by atoms with Crippen LogP contribution in [-0.4, -0.2) is 64.4 Å². The fourth-order valence-corrected chi connectivity index (χ4v) is 4.54. The SMILES string of the molecule is COc1cc(C2Oc3cccc([C@H]4Oc5cc(O)cc(O)c5C(=O)[C@@H]4O)c3OC2CO)cc(OC)c1O. The van der Waals surface area contributed by atoms with Crippen LogP contribution >= 0.6 is 0 Å². The molecule has 0 fully saturated rings. The Morgan fingerprint density at radius 3 is 2.22 bits per heavy atom. The lowest BCUT2D eigenvalue weighted by Crippen LogP contribution is -2.39. The number of ether oxygens (including phenoxy) is 5. The summed E-state index contributed by atoms with van der Waals surface area (Å²) in [5, 5.41) is 51.1. The summed E-state index contributed by atoms with van der Waals surface area (Å²) in [5.74, 6) is -1.28. The van der Waals surface area contributed by atoms with Crippen LogP contribution in [0.2, 0.25) is 0 Å². The molecule has 11 heteroatoms. The van der Waals surface area contributed by atoms with Gasteiger partial charge in [-0.2, -0.15) is 0 Å². The third-order valence-electron chi connectivity index (χ3n) is 6.31. The lowest BCUT2D eigenvalue weighted by molar-refractivity contribution is -0.0185. The molecule has 2 aliphatic heterocycles. The Kier molecular flexibility index (Phi) is 6.10. The van der Waals surface area contributed by atoms with Gasteiger partial charge in [0, 0.05) is 23.3 Å². The van der Waals surface area contributed by atoms with Crippen LogP contribution in [0.4, 0.5) is 0 Å². The summed E-state index contributed by atoms with van der Waals surface area (Å²) in [7, 11) is 2.77. The van der Waals surface area contributed by atoms with Gasteiger partial charge in [0.15, 0.2) is 47.4 Å². The van der Waals surface area contributed by atoms with E-state index in [0.717, 1.165) is 12.1 Å². The fraction of sp³-hybridized carbons (Fsp3) is 0.269. The van der Waals surface area contributed by atoms with Gasteiger partial charge < -0.3 is 49.2 Å². The summed E-state index contributed by atoms with van der Waals surface area (Å²) in [6, 6.07) is 10.00. The number of carbonyl (C=O) groups excluding carboxylic acids is 1. The monoisotopic (exact) mass is 512 g/mol. The van der Waals surface area contributed by atoms with E-state index in [1.165, 1.54) is 26.4 Å². The van der Waals surface area contributed by atoms with Crippen molar-refractivity contribution in [2.24, 2.45) is 0 Å². The topological polar surface area (TPSA) is 164 Å². The number of aliphatic hydroxyl groups is 2. The Hall–Kier alpha value is -4.35. The van der Waals surface area contributed by atoms with Crippen molar-refractivity contribution in [1.29, 1.82) is 0 Å². The highest BCUT2D eigenvalue weighted by Gasteiger charge is 2.43.